The van der Waals surface area contributed by atoms with Gasteiger partial charge in [-0.15, -0.1) is 0 Å². The lowest BCUT2D eigenvalue weighted by Gasteiger charge is -2.36. The molecular weight excluding hydrogens is 354 g/mol. The van der Waals surface area contributed by atoms with Crippen LogP contribution in [-0.4, -0.2) is 72.9 Å². The number of amides is 2. The Morgan fingerprint density at radius 3 is 2.62 bits per heavy atom. The molecule has 2 aliphatic heterocycles. The molecule has 0 radical (unpaired) electrons. The van der Waals surface area contributed by atoms with Gasteiger partial charge < -0.3 is 14.5 Å². The van der Waals surface area contributed by atoms with E-state index in [4.69, 9.17) is 16.3 Å². The number of piperidine rings is 1. The van der Waals surface area contributed by atoms with E-state index in [1.54, 1.807) is 12.0 Å². The molecule has 1 aromatic carbocycles. The lowest BCUT2D eigenvalue weighted by Crippen LogP contribution is -2.52. The second-order valence-corrected chi connectivity index (χ2v) is 7.32. The summed E-state index contributed by atoms with van der Waals surface area (Å²) >= 11 is 6.10. The molecule has 2 heterocycles. The molecule has 2 amide bonds. The topological polar surface area (TPSA) is 53.1 Å². The van der Waals surface area contributed by atoms with Crippen LogP contribution in [0.5, 0.6) is 5.75 Å². The van der Waals surface area contributed by atoms with Crippen molar-refractivity contribution in [2.24, 2.45) is 0 Å². The molecule has 2 aliphatic rings. The zero-order valence-corrected chi connectivity index (χ0v) is 16.0. The van der Waals surface area contributed by atoms with E-state index in [-0.39, 0.29) is 18.4 Å². The number of hydrogen-bond donors (Lipinski definition) is 0. The monoisotopic (exact) mass is 379 g/mol. The highest BCUT2D eigenvalue weighted by atomic mass is 35.5. The zero-order valence-electron chi connectivity index (χ0n) is 15.2. The number of carbonyl (C=O) groups is 2. The van der Waals surface area contributed by atoms with Crippen LogP contribution in [0.4, 0.5) is 0 Å². The van der Waals surface area contributed by atoms with Gasteiger partial charge in [-0.25, -0.2) is 0 Å². The average Bonchev–Trinajstić information content (AvgIpc) is 2.64. The average molecular weight is 380 g/mol. The summed E-state index contributed by atoms with van der Waals surface area (Å²) in [5.74, 6) is 0.994. The summed E-state index contributed by atoms with van der Waals surface area (Å²) in [4.78, 5) is 30.2. The van der Waals surface area contributed by atoms with Gasteiger partial charge in [0.25, 0.3) is 0 Å². The van der Waals surface area contributed by atoms with Crippen molar-refractivity contribution in [1.29, 1.82) is 0 Å². The highest BCUT2D eigenvalue weighted by Gasteiger charge is 2.26. The first-order valence-electron chi connectivity index (χ1n) is 9.17. The van der Waals surface area contributed by atoms with Gasteiger partial charge in [-0.2, -0.15) is 0 Å². The number of likely N-dealkylation sites (tertiary alicyclic amines) is 1. The molecule has 2 saturated heterocycles. The van der Waals surface area contributed by atoms with Gasteiger partial charge in [0.1, 0.15) is 5.75 Å². The van der Waals surface area contributed by atoms with Crippen LogP contribution in [0.25, 0.3) is 0 Å². The Bertz CT molecular complexity index is 659. The fraction of sp³-hybridized carbons (Fsp3) is 0.579. The number of carbonyl (C=O) groups excluding carboxylic acids is 2. The Hall–Kier alpha value is -1.79. The molecule has 26 heavy (non-hydrogen) atoms. The molecular formula is C19H26ClN3O3. The van der Waals surface area contributed by atoms with E-state index in [0.717, 1.165) is 43.8 Å². The van der Waals surface area contributed by atoms with E-state index in [2.05, 4.69) is 4.90 Å². The molecule has 142 valence electrons. The number of benzene rings is 1. The maximum absolute atomic E-state index is 12.5. The number of piperazine rings is 1. The molecule has 0 bridgehead atoms. The largest absolute Gasteiger partial charge is 0.496 e. The molecule has 0 aromatic heterocycles. The normalized spacial score (nSPS) is 18.9. The third-order valence-corrected chi connectivity index (χ3v) is 5.34. The minimum Gasteiger partial charge on any atom is -0.496 e. The molecule has 0 unspecified atom stereocenters. The fourth-order valence-corrected chi connectivity index (χ4v) is 3.75. The predicted octanol–water partition coefficient (Wildman–Crippen LogP) is 2.01. The first-order chi connectivity index (χ1) is 12.6. The van der Waals surface area contributed by atoms with Gasteiger partial charge in [-0.3, -0.25) is 14.5 Å². The van der Waals surface area contributed by atoms with Crippen LogP contribution in [0.15, 0.2) is 18.2 Å². The summed E-state index contributed by atoms with van der Waals surface area (Å²) < 4.78 is 5.41. The Morgan fingerprint density at radius 2 is 1.92 bits per heavy atom. The second kappa shape index (κ2) is 8.73. The van der Waals surface area contributed by atoms with Gasteiger partial charge in [0.15, 0.2) is 0 Å². The minimum atomic E-state index is 0.0558. The smallest absolute Gasteiger partial charge is 0.242 e. The van der Waals surface area contributed by atoms with Crippen molar-refractivity contribution in [3.8, 4) is 5.75 Å². The maximum Gasteiger partial charge on any atom is 0.242 e. The van der Waals surface area contributed by atoms with Gasteiger partial charge in [0, 0.05) is 56.3 Å². The molecule has 7 heteroatoms. The summed E-state index contributed by atoms with van der Waals surface area (Å²) in [6.07, 6.45) is 2.51. The molecule has 0 N–H and O–H groups in total. The second-order valence-electron chi connectivity index (χ2n) is 6.89. The number of nitrogens with zero attached hydrogens (tertiary/aromatic N) is 3. The number of ether oxygens (including phenoxy) is 1. The number of methoxy groups -OCH3 is 1. The van der Waals surface area contributed by atoms with Gasteiger partial charge in [0.05, 0.1) is 13.7 Å². The molecule has 0 spiro atoms. The fourth-order valence-electron chi connectivity index (χ4n) is 3.56. The lowest BCUT2D eigenvalue weighted by atomic mass is 10.1. The molecule has 1 aromatic rings. The van der Waals surface area contributed by atoms with Crippen molar-refractivity contribution in [1.82, 2.24) is 14.7 Å². The van der Waals surface area contributed by atoms with Crippen molar-refractivity contribution in [3.05, 3.63) is 28.8 Å². The Morgan fingerprint density at radius 1 is 1.15 bits per heavy atom. The van der Waals surface area contributed by atoms with Crippen LogP contribution in [0.2, 0.25) is 5.02 Å². The number of halogens is 1. The van der Waals surface area contributed by atoms with E-state index in [1.165, 1.54) is 0 Å². The Kier molecular flexibility index (Phi) is 6.38. The standard InChI is InChI=1S/C19H26ClN3O3/c1-26-17-6-5-16(20)12-15(17)13-21-8-10-22(11-9-21)19(25)14-23-7-3-2-4-18(23)24/h5-6,12H,2-4,7-11,13-14H2,1H3. The van der Waals surface area contributed by atoms with Gasteiger partial charge in [-0.1, -0.05) is 11.6 Å². The zero-order chi connectivity index (χ0) is 18.5. The highest BCUT2D eigenvalue weighted by molar-refractivity contribution is 6.30. The first kappa shape index (κ1) is 19.0. The number of rotatable bonds is 5. The predicted molar refractivity (Wildman–Crippen MR) is 100 cm³/mol. The van der Waals surface area contributed by atoms with Gasteiger partial charge >= 0.3 is 0 Å². The van der Waals surface area contributed by atoms with Crippen molar-refractivity contribution in [2.45, 2.75) is 25.8 Å². The van der Waals surface area contributed by atoms with Crippen LogP contribution in [0, 0.1) is 0 Å². The van der Waals surface area contributed by atoms with Crippen molar-refractivity contribution in [3.63, 3.8) is 0 Å². The highest BCUT2D eigenvalue weighted by Crippen LogP contribution is 2.24. The van der Waals surface area contributed by atoms with Crippen LogP contribution in [0.3, 0.4) is 0 Å². The summed E-state index contributed by atoms with van der Waals surface area (Å²) in [6.45, 7) is 4.65. The van der Waals surface area contributed by atoms with Crippen LogP contribution in [-0.2, 0) is 16.1 Å². The van der Waals surface area contributed by atoms with Gasteiger partial charge in [0.2, 0.25) is 11.8 Å². The summed E-state index contributed by atoms with van der Waals surface area (Å²) in [5, 5.41) is 0.695. The van der Waals surface area contributed by atoms with E-state index in [0.29, 0.717) is 31.1 Å². The molecule has 0 aliphatic carbocycles. The molecule has 0 saturated carbocycles. The van der Waals surface area contributed by atoms with Crippen LogP contribution < -0.4 is 4.74 Å². The maximum atomic E-state index is 12.5. The van der Waals surface area contributed by atoms with Crippen molar-refractivity contribution >= 4 is 23.4 Å². The molecule has 0 atom stereocenters. The van der Waals surface area contributed by atoms with E-state index in [1.807, 2.05) is 23.1 Å². The van der Waals surface area contributed by atoms with E-state index < -0.39 is 0 Å². The lowest BCUT2D eigenvalue weighted by molar-refractivity contribution is -0.142. The number of hydrogen-bond acceptors (Lipinski definition) is 4. The van der Waals surface area contributed by atoms with Crippen molar-refractivity contribution in [2.75, 3.05) is 46.4 Å². The minimum absolute atomic E-state index is 0.0558. The SMILES string of the molecule is COc1ccc(Cl)cc1CN1CCN(C(=O)CN2CCCCC2=O)CC1. The third-order valence-electron chi connectivity index (χ3n) is 5.11. The Labute approximate surface area is 159 Å². The van der Waals surface area contributed by atoms with E-state index in [9.17, 15) is 9.59 Å². The third kappa shape index (κ3) is 4.68. The van der Waals surface area contributed by atoms with Crippen LogP contribution >= 0.6 is 11.6 Å². The molecule has 2 fully saturated rings. The molecule has 6 nitrogen and oxygen atoms in total. The quantitative estimate of drug-likeness (QED) is 0.785. The summed E-state index contributed by atoms with van der Waals surface area (Å²) in [5.41, 5.74) is 1.05. The van der Waals surface area contributed by atoms with Crippen LogP contribution in [0.1, 0.15) is 24.8 Å². The summed E-state index contributed by atoms with van der Waals surface area (Å²) in [6, 6.07) is 5.63. The first-order valence-corrected chi connectivity index (χ1v) is 9.55. The van der Waals surface area contributed by atoms with Crippen molar-refractivity contribution < 1.29 is 14.3 Å². The van der Waals surface area contributed by atoms with Gasteiger partial charge in [-0.05, 0) is 31.0 Å². The molecule has 3 rings (SSSR count). The van der Waals surface area contributed by atoms with E-state index >= 15 is 0 Å². The summed E-state index contributed by atoms with van der Waals surface area (Å²) in [7, 11) is 1.66. The Balaban J connectivity index is 1.50.